The quantitative estimate of drug-likeness (QED) is 0.849. The van der Waals surface area contributed by atoms with Crippen molar-refractivity contribution in [1.29, 1.82) is 0 Å². The molecule has 1 aliphatic rings. The van der Waals surface area contributed by atoms with Gasteiger partial charge in [-0.25, -0.2) is 21.8 Å². The lowest BCUT2D eigenvalue weighted by atomic mass is 10.1. The SMILES string of the molecule is CS(=O)(=O)c1ccc2nc(NC(=O)C[C@@H]3CCS(=O)(=O)C3)sc2c1. The number of nitrogens with zero attached hydrogens (tertiary/aromatic N) is 1. The molecule has 0 spiro atoms. The monoisotopic (exact) mass is 388 g/mol. The highest BCUT2D eigenvalue weighted by Gasteiger charge is 2.29. The van der Waals surface area contributed by atoms with Gasteiger partial charge in [-0.15, -0.1) is 0 Å². The first-order valence-corrected chi connectivity index (χ1v) is 11.8. The average molecular weight is 388 g/mol. The smallest absolute Gasteiger partial charge is 0.226 e. The minimum absolute atomic E-state index is 0.0536. The van der Waals surface area contributed by atoms with Gasteiger partial charge in [0, 0.05) is 12.7 Å². The fraction of sp³-hybridized carbons (Fsp3) is 0.429. The molecular weight excluding hydrogens is 372 g/mol. The van der Waals surface area contributed by atoms with Crippen molar-refractivity contribution < 1.29 is 21.6 Å². The molecule has 1 atom stereocenters. The van der Waals surface area contributed by atoms with Crippen molar-refractivity contribution in [3.8, 4) is 0 Å². The molecule has 10 heteroatoms. The minimum Gasteiger partial charge on any atom is -0.302 e. The summed E-state index contributed by atoms with van der Waals surface area (Å²) in [6.07, 6.45) is 1.78. The van der Waals surface area contributed by atoms with Gasteiger partial charge in [0.15, 0.2) is 24.8 Å². The van der Waals surface area contributed by atoms with Gasteiger partial charge in [-0.1, -0.05) is 11.3 Å². The van der Waals surface area contributed by atoms with Gasteiger partial charge in [0.25, 0.3) is 0 Å². The number of anilines is 1. The van der Waals surface area contributed by atoms with Crippen molar-refractivity contribution in [2.75, 3.05) is 23.1 Å². The van der Waals surface area contributed by atoms with Crippen LogP contribution < -0.4 is 5.32 Å². The Bertz CT molecular complexity index is 1010. The predicted molar refractivity (Wildman–Crippen MR) is 92.7 cm³/mol. The van der Waals surface area contributed by atoms with Gasteiger partial charge in [-0.3, -0.25) is 4.79 Å². The van der Waals surface area contributed by atoms with Gasteiger partial charge in [0.2, 0.25) is 5.91 Å². The number of hydrogen-bond acceptors (Lipinski definition) is 7. The minimum atomic E-state index is -3.30. The molecule has 2 aromatic rings. The van der Waals surface area contributed by atoms with E-state index in [2.05, 4.69) is 10.3 Å². The van der Waals surface area contributed by atoms with Crippen LogP contribution in [0.2, 0.25) is 0 Å². The zero-order valence-corrected chi connectivity index (χ0v) is 15.3. The van der Waals surface area contributed by atoms with E-state index >= 15 is 0 Å². The van der Waals surface area contributed by atoms with E-state index in [9.17, 15) is 21.6 Å². The summed E-state index contributed by atoms with van der Waals surface area (Å²) in [5.74, 6) is -0.237. The second kappa shape index (κ2) is 6.08. The maximum Gasteiger partial charge on any atom is 0.226 e. The summed E-state index contributed by atoms with van der Waals surface area (Å²) < 4.78 is 46.6. The first-order valence-electron chi connectivity index (χ1n) is 7.23. The molecule has 0 unspecified atom stereocenters. The molecule has 0 bridgehead atoms. The van der Waals surface area contributed by atoms with E-state index in [0.29, 0.717) is 21.8 Å². The molecule has 2 heterocycles. The molecule has 1 fully saturated rings. The molecule has 1 saturated heterocycles. The fourth-order valence-corrected chi connectivity index (χ4v) is 6.16. The van der Waals surface area contributed by atoms with Gasteiger partial charge in [0.1, 0.15) is 0 Å². The second-order valence-electron chi connectivity index (χ2n) is 5.94. The van der Waals surface area contributed by atoms with Crippen molar-refractivity contribution in [3.05, 3.63) is 18.2 Å². The fourth-order valence-electron chi connectivity index (χ4n) is 2.65. The van der Waals surface area contributed by atoms with Crippen LogP contribution in [0.25, 0.3) is 10.2 Å². The number of benzene rings is 1. The topological polar surface area (TPSA) is 110 Å². The van der Waals surface area contributed by atoms with Crippen LogP contribution in [0.3, 0.4) is 0 Å². The van der Waals surface area contributed by atoms with Crippen molar-refractivity contribution >= 4 is 52.3 Å². The summed E-state index contributed by atoms with van der Waals surface area (Å²) in [5, 5.41) is 3.04. The molecule has 1 N–H and O–H groups in total. The van der Waals surface area contributed by atoms with E-state index < -0.39 is 19.7 Å². The average Bonchev–Trinajstić information content (AvgIpc) is 2.99. The van der Waals surface area contributed by atoms with E-state index in [4.69, 9.17) is 0 Å². The van der Waals surface area contributed by atoms with E-state index in [-0.39, 0.29) is 34.6 Å². The Morgan fingerprint density at radius 2 is 2.17 bits per heavy atom. The molecule has 0 aliphatic carbocycles. The van der Waals surface area contributed by atoms with Crippen LogP contribution in [-0.4, -0.2) is 45.5 Å². The van der Waals surface area contributed by atoms with Gasteiger partial charge >= 0.3 is 0 Å². The van der Waals surface area contributed by atoms with Gasteiger partial charge in [-0.05, 0) is 30.5 Å². The first kappa shape index (κ1) is 17.3. The molecule has 1 aliphatic heterocycles. The number of amides is 1. The number of sulfone groups is 2. The lowest BCUT2D eigenvalue weighted by molar-refractivity contribution is -0.116. The third kappa shape index (κ3) is 3.93. The Labute approximate surface area is 143 Å². The number of fused-ring (bicyclic) bond motifs is 1. The maximum absolute atomic E-state index is 12.0. The van der Waals surface area contributed by atoms with Crippen LogP contribution in [0.1, 0.15) is 12.8 Å². The van der Waals surface area contributed by atoms with Crippen LogP contribution >= 0.6 is 11.3 Å². The van der Waals surface area contributed by atoms with E-state index in [0.717, 1.165) is 6.26 Å². The van der Waals surface area contributed by atoms with Gasteiger partial charge in [0.05, 0.1) is 26.6 Å². The zero-order valence-electron chi connectivity index (χ0n) is 12.9. The van der Waals surface area contributed by atoms with Crippen LogP contribution in [-0.2, 0) is 24.5 Å². The zero-order chi connectivity index (χ0) is 17.5. The molecular formula is C14H16N2O5S3. The number of carbonyl (C=O) groups is 1. The largest absolute Gasteiger partial charge is 0.302 e. The number of aromatic nitrogens is 1. The van der Waals surface area contributed by atoms with Gasteiger partial charge < -0.3 is 5.32 Å². The van der Waals surface area contributed by atoms with Crippen molar-refractivity contribution in [2.45, 2.75) is 17.7 Å². The van der Waals surface area contributed by atoms with Crippen LogP contribution in [0.4, 0.5) is 5.13 Å². The van der Waals surface area contributed by atoms with E-state index in [1.165, 1.54) is 23.5 Å². The molecule has 1 amide bonds. The summed E-state index contributed by atoms with van der Waals surface area (Å²) in [7, 11) is -6.30. The number of thiazole rings is 1. The number of nitrogens with one attached hydrogen (secondary N) is 1. The molecule has 0 saturated carbocycles. The van der Waals surface area contributed by atoms with Crippen LogP contribution in [0.15, 0.2) is 23.1 Å². The summed E-state index contributed by atoms with van der Waals surface area (Å²) in [4.78, 5) is 16.5. The van der Waals surface area contributed by atoms with Crippen LogP contribution in [0.5, 0.6) is 0 Å². The molecule has 3 rings (SSSR count). The molecule has 1 aromatic heterocycles. The lowest BCUT2D eigenvalue weighted by Gasteiger charge is -2.06. The summed E-state index contributed by atoms with van der Waals surface area (Å²) in [5.41, 5.74) is 0.603. The molecule has 0 radical (unpaired) electrons. The lowest BCUT2D eigenvalue weighted by Crippen LogP contribution is -2.17. The van der Waals surface area contributed by atoms with Crippen molar-refractivity contribution in [1.82, 2.24) is 4.98 Å². The van der Waals surface area contributed by atoms with Crippen LogP contribution in [0, 0.1) is 5.92 Å². The third-order valence-electron chi connectivity index (χ3n) is 3.84. The predicted octanol–water partition coefficient (Wildman–Crippen LogP) is 1.46. The molecule has 7 nitrogen and oxygen atoms in total. The summed E-state index contributed by atoms with van der Waals surface area (Å²) in [6.45, 7) is 0. The summed E-state index contributed by atoms with van der Waals surface area (Å²) in [6, 6.07) is 4.61. The Morgan fingerprint density at radius 1 is 1.42 bits per heavy atom. The highest BCUT2D eigenvalue weighted by molar-refractivity contribution is 7.91. The normalized spacial score (nSPS) is 20.3. The standard InChI is InChI=1S/C14H16N2O5S3/c1-23(18,19)10-2-3-11-12(7-10)22-14(15-11)16-13(17)6-9-4-5-24(20,21)8-9/h2-3,7,9H,4-6,8H2,1H3,(H,15,16,17)/t9-/m0/s1. The Kier molecular flexibility index (Phi) is 4.39. The highest BCUT2D eigenvalue weighted by atomic mass is 32.2. The third-order valence-corrected chi connectivity index (χ3v) is 7.72. The highest BCUT2D eigenvalue weighted by Crippen LogP contribution is 2.29. The maximum atomic E-state index is 12.0. The number of carbonyl (C=O) groups excluding carboxylic acids is 1. The Hall–Kier alpha value is -1.52. The second-order valence-corrected chi connectivity index (χ2v) is 11.2. The molecule has 130 valence electrons. The Balaban J connectivity index is 1.72. The summed E-state index contributed by atoms with van der Waals surface area (Å²) >= 11 is 1.19. The van der Waals surface area contributed by atoms with Gasteiger partial charge in [-0.2, -0.15) is 0 Å². The number of rotatable bonds is 4. The molecule has 1 aromatic carbocycles. The van der Waals surface area contributed by atoms with Crippen molar-refractivity contribution in [3.63, 3.8) is 0 Å². The Morgan fingerprint density at radius 3 is 2.79 bits per heavy atom. The first-order chi connectivity index (χ1) is 11.1. The number of hydrogen-bond donors (Lipinski definition) is 1. The van der Waals surface area contributed by atoms with Crippen molar-refractivity contribution in [2.24, 2.45) is 5.92 Å². The molecule has 24 heavy (non-hydrogen) atoms. The van der Waals surface area contributed by atoms with E-state index in [1.807, 2.05) is 0 Å². The van der Waals surface area contributed by atoms with E-state index in [1.54, 1.807) is 6.07 Å².